The molecule has 2 aliphatic rings. The molecule has 0 saturated carbocycles. The SMILES string of the molecule is CC1Cc2ccc3ccccc3c2C1=C1c2c(ccc3ccccc23)CC1C. The van der Waals surface area contributed by atoms with Gasteiger partial charge in [0.25, 0.3) is 0 Å². The Bertz CT molecular complexity index is 1190. The summed E-state index contributed by atoms with van der Waals surface area (Å²) in [4.78, 5) is 0. The maximum Gasteiger partial charge on any atom is -0.0106 e. The average Bonchev–Trinajstić information content (AvgIpc) is 3.23. The zero-order valence-corrected chi connectivity index (χ0v) is 16.5. The second-order valence-corrected chi connectivity index (χ2v) is 8.68. The largest absolute Gasteiger partial charge is 0.0616 e. The maximum absolute atomic E-state index is 2.42. The number of benzene rings is 4. The molecule has 0 aliphatic heterocycles. The first kappa shape index (κ1) is 16.1. The molecule has 2 aliphatic carbocycles. The third kappa shape index (κ3) is 2.12. The molecule has 0 nitrogen and oxygen atoms in total. The summed E-state index contributed by atoms with van der Waals surface area (Å²) in [6.07, 6.45) is 2.32. The maximum atomic E-state index is 2.42. The van der Waals surface area contributed by atoms with Crippen LogP contribution in [0, 0.1) is 11.8 Å². The van der Waals surface area contributed by atoms with Crippen molar-refractivity contribution in [1.29, 1.82) is 0 Å². The van der Waals surface area contributed by atoms with Gasteiger partial charge in [-0.3, -0.25) is 0 Å². The van der Waals surface area contributed by atoms with Gasteiger partial charge in [0.1, 0.15) is 0 Å². The highest BCUT2D eigenvalue weighted by Crippen LogP contribution is 2.51. The third-order valence-corrected chi connectivity index (χ3v) is 6.90. The first-order chi connectivity index (χ1) is 13.7. The van der Waals surface area contributed by atoms with Crippen molar-refractivity contribution < 1.29 is 0 Å². The Morgan fingerprint density at radius 3 is 1.43 bits per heavy atom. The fourth-order valence-corrected chi connectivity index (χ4v) is 5.77. The van der Waals surface area contributed by atoms with Gasteiger partial charge in [0, 0.05) is 0 Å². The molecule has 6 rings (SSSR count). The van der Waals surface area contributed by atoms with E-state index in [1.807, 2.05) is 0 Å². The molecule has 2 unspecified atom stereocenters. The molecule has 136 valence electrons. The first-order valence-corrected chi connectivity index (χ1v) is 10.5. The van der Waals surface area contributed by atoms with E-state index in [1.54, 1.807) is 11.1 Å². The molecule has 0 N–H and O–H groups in total. The molecule has 4 aromatic carbocycles. The third-order valence-electron chi connectivity index (χ3n) is 6.90. The zero-order chi connectivity index (χ0) is 18.8. The number of hydrogen-bond acceptors (Lipinski definition) is 0. The second-order valence-electron chi connectivity index (χ2n) is 8.68. The van der Waals surface area contributed by atoms with Gasteiger partial charge in [0.2, 0.25) is 0 Å². The monoisotopic (exact) mass is 360 g/mol. The number of hydrogen-bond donors (Lipinski definition) is 0. The molecular weight excluding hydrogens is 336 g/mol. The quantitative estimate of drug-likeness (QED) is 0.309. The van der Waals surface area contributed by atoms with Crippen LogP contribution in [0.1, 0.15) is 36.1 Å². The van der Waals surface area contributed by atoms with Crippen molar-refractivity contribution in [2.75, 3.05) is 0 Å². The lowest BCUT2D eigenvalue weighted by Crippen LogP contribution is -2.00. The van der Waals surface area contributed by atoms with Gasteiger partial charge in [-0.2, -0.15) is 0 Å². The van der Waals surface area contributed by atoms with Crippen LogP contribution in [-0.2, 0) is 12.8 Å². The van der Waals surface area contributed by atoms with Crippen molar-refractivity contribution >= 4 is 32.7 Å². The second kappa shape index (κ2) is 5.82. The summed E-state index contributed by atoms with van der Waals surface area (Å²) in [6, 6.07) is 27.2. The van der Waals surface area contributed by atoms with Crippen LogP contribution in [0.4, 0.5) is 0 Å². The highest BCUT2D eigenvalue weighted by atomic mass is 14.4. The minimum atomic E-state index is 0.572. The molecule has 28 heavy (non-hydrogen) atoms. The lowest BCUT2D eigenvalue weighted by molar-refractivity contribution is 0.754. The van der Waals surface area contributed by atoms with E-state index in [9.17, 15) is 0 Å². The van der Waals surface area contributed by atoms with Crippen molar-refractivity contribution in [3.05, 3.63) is 95.1 Å². The summed E-state index contributed by atoms with van der Waals surface area (Å²) in [7, 11) is 0. The molecular formula is C28H24. The molecule has 0 spiro atoms. The van der Waals surface area contributed by atoms with Crippen LogP contribution < -0.4 is 0 Å². The fraction of sp³-hybridized carbons (Fsp3) is 0.214. The lowest BCUT2D eigenvalue weighted by Gasteiger charge is -2.18. The molecule has 2 atom stereocenters. The van der Waals surface area contributed by atoms with Crippen molar-refractivity contribution in [2.45, 2.75) is 26.7 Å². The van der Waals surface area contributed by atoms with Gasteiger partial charge in [-0.05, 0) is 79.6 Å². The normalized spacial score (nSPS) is 23.4. The summed E-state index contributed by atoms with van der Waals surface area (Å²) >= 11 is 0. The Balaban J connectivity index is 1.75. The van der Waals surface area contributed by atoms with E-state index in [0.29, 0.717) is 11.8 Å². The van der Waals surface area contributed by atoms with Gasteiger partial charge in [-0.25, -0.2) is 0 Å². The van der Waals surface area contributed by atoms with Gasteiger partial charge in [-0.15, -0.1) is 0 Å². The minimum Gasteiger partial charge on any atom is -0.0616 e. The highest BCUT2D eigenvalue weighted by molar-refractivity contribution is 6.10. The standard InChI is InChI=1S/C28H24/c1-17-15-21-13-11-19-7-3-5-9-23(19)27(21)25(17)26-18(2)16-22-14-12-20-8-4-6-10-24(20)28(22)26/h3-14,17-18H,15-16H2,1-2H3. The number of allylic oxidation sites excluding steroid dienone is 2. The van der Waals surface area contributed by atoms with E-state index in [1.165, 1.54) is 43.8 Å². The Kier molecular flexibility index (Phi) is 3.35. The molecule has 4 aromatic rings. The van der Waals surface area contributed by atoms with Gasteiger partial charge >= 0.3 is 0 Å². The van der Waals surface area contributed by atoms with E-state index in [2.05, 4.69) is 86.6 Å². The van der Waals surface area contributed by atoms with Crippen molar-refractivity contribution in [1.82, 2.24) is 0 Å². The summed E-state index contributed by atoms with van der Waals surface area (Å²) in [6.45, 7) is 4.85. The van der Waals surface area contributed by atoms with Gasteiger partial charge in [-0.1, -0.05) is 86.6 Å². The minimum absolute atomic E-state index is 0.572. The van der Waals surface area contributed by atoms with Gasteiger partial charge in [0.05, 0.1) is 0 Å². The zero-order valence-electron chi connectivity index (χ0n) is 16.5. The number of fused-ring (bicyclic) bond motifs is 6. The van der Waals surface area contributed by atoms with E-state index in [0.717, 1.165) is 12.8 Å². The molecule has 0 saturated heterocycles. The van der Waals surface area contributed by atoms with Crippen LogP contribution in [0.2, 0.25) is 0 Å². The van der Waals surface area contributed by atoms with E-state index in [-0.39, 0.29) is 0 Å². The van der Waals surface area contributed by atoms with Crippen LogP contribution in [0.15, 0.2) is 72.8 Å². The van der Waals surface area contributed by atoms with Crippen LogP contribution in [0.25, 0.3) is 32.7 Å². The summed E-state index contributed by atoms with van der Waals surface area (Å²) in [5.74, 6) is 1.14. The van der Waals surface area contributed by atoms with Crippen LogP contribution in [-0.4, -0.2) is 0 Å². The van der Waals surface area contributed by atoms with Crippen molar-refractivity contribution in [3.8, 4) is 0 Å². The molecule has 0 aromatic heterocycles. The summed E-state index contributed by atoms with van der Waals surface area (Å²) in [5, 5.41) is 5.56. The topological polar surface area (TPSA) is 0 Å². The molecule has 0 fully saturated rings. The molecule has 0 bridgehead atoms. The molecule has 0 radical (unpaired) electrons. The highest BCUT2D eigenvalue weighted by Gasteiger charge is 2.34. The van der Waals surface area contributed by atoms with E-state index in [4.69, 9.17) is 0 Å². The summed E-state index contributed by atoms with van der Waals surface area (Å²) in [5.41, 5.74) is 9.30. The predicted molar refractivity (Wildman–Crippen MR) is 120 cm³/mol. The predicted octanol–water partition coefficient (Wildman–Crippen LogP) is 7.29. The summed E-state index contributed by atoms with van der Waals surface area (Å²) < 4.78 is 0. The molecule has 0 heteroatoms. The Hall–Kier alpha value is -2.86. The van der Waals surface area contributed by atoms with E-state index < -0.39 is 0 Å². The Morgan fingerprint density at radius 1 is 0.536 bits per heavy atom. The first-order valence-electron chi connectivity index (χ1n) is 10.5. The molecule has 0 heterocycles. The Morgan fingerprint density at radius 2 is 0.964 bits per heavy atom. The van der Waals surface area contributed by atoms with Crippen molar-refractivity contribution in [3.63, 3.8) is 0 Å². The van der Waals surface area contributed by atoms with E-state index >= 15 is 0 Å². The fourth-order valence-electron chi connectivity index (χ4n) is 5.77. The average molecular weight is 361 g/mol. The molecule has 0 amide bonds. The smallest absolute Gasteiger partial charge is 0.0106 e. The van der Waals surface area contributed by atoms with Crippen LogP contribution in [0.3, 0.4) is 0 Å². The lowest BCUT2D eigenvalue weighted by atomic mass is 9.85. The Labute approximate surface area is 166 Å². The number of rotatable bonds is 0. The van der Waals surface area contributed by atoms with Crippen molar-refractivity contribution in [2.24, 2.45) is 11.8 Å². The van der Waals surface area contributed by atoms with Crippen LogP contribution in [0.5, 0.6) is 0 Å². The van der Waals surface area contributed by atoms with Gasteiger partial charge < -0.3 is 0 Å². The van der Waals surface area contributed by atoms with Gasteiger partial charge in [0.15, 0.2) is 0 Å². The van der Waals surface area contributed by atoms with Crippen LogP contribution >= 0.6 is 0 Å².